The van der Waals surface area contributed by atoms with Crippen molar-refractivity contribution in [2.45, 2.75) is 128 Å². The molecule has 0 radical (unpaired) electrons. The summed E-state index contributed by atoms with van der Waals surface area (Å²) in [4.78, 5) is 13.2. The Labute approximate surface area is 337 Å². The topological polar surface area (TPSA) is 82.1 Å². The molecule has 0 fully saturated rings. The molecule has 0 amide bonds. The molecule has 2 heterocycles. The highest BCUT2D eigenvalue weighted by Crippen LogP contribution is 2.48. The van der Waals surface area contributed by atoms with E-state index in [0.29, 0.717) is 19.3 Å². The van der Waals surface area contributed by atoms with Gasteiger partial charge in [-0.3, -0.25) is 4.18 Å². The van der Waals surface area contributed by atoms with Crippen molar-refractivity contribution in [3.63, 3.8) is 0 Å². The SMILES string of the molecule is CC(C)=CCC/C(C)=C/[C@@H]1CC(C)=C[C@]2(C=C(CCC(C)(C)[Si](O)(c3ccccc3)c3ccccc3)[C@H]3CC(OS(=O)(=O)c4ccc(C)cc4)C(C)=C[C@H]3O2)O1. The largest absolute Gasteiger partial charge is 0.424 e. The molecule has 3 aromatic rings. The summed E-state index contributed by atoms with van der Waals surface area (Å²) in [7, 11) is -7.31. The van der Waals surface area contributed by atoms with Crippen LogP contribution < -0.4 is 10.4 Å². The van der Waals surface area contributed by atoms with Gasteiger partial charge in [-0.25, -0.2) is 0 Å². The summed E-state index contributed by atoms with van der Waals surface area (Å²) in [5.74, 6) is -1.24. The molecule has 56 heavy (non-hydrogen) atoms. The molecule has 1 N–H and O–H groups in total. The minimum absolute atomic E-state index is 0.145. The van der Waals surface area contributed by atoms with E-state index < -0.39 is 35.4 Å². The second-order valence-electron chi connectivity index (χ2n) is 17.1. The van der Waals surface area contributed by atoms with Crippen molar-refractivity contribution >= 4 is 28.8 Å². The lowest BCUT2D eigenvalue weighted by molar-refractivity contribution is -0.225. The van der Waals surface area contributed by atoms with Crippen LogP contribution in [0.15, 0.2) is 148 Å². The molecule has 6 rings (SSSR count). The van der Waals surface area contributed by atoms with E-state index >= 15 is 0 Å². The molecule has 2 aliphatic heterocycles. The van der Waals surface area contributed by atoms with E-state index in [4.69, 9.17) is 13.7 Å². The van der Waals surface area contributed by atoms with Crippen molar-refractivity contribution < 1.29 is 26.9 Å². The van der Waals surface area contributed by atoms with Gasteiger partial charge in [0.15, 0.2) is 0 Å². The normalized spacial score (nSPS) is 24.5. The minimum atomic E-state index is -4.02. The number of ether oxygens (including phenoxy) is 2. The Bertz CT molecular complexity index is 2070. The average Bonchev–Trinajstić information content (AvgIpc) is 3.14. The molecular formula is C48H60O6SSi. The van der Waals surface area contributed by atoms with Crippen LogP contribution in [-0.4, -0.2) is 45.6 Å². The lowest BCUT2D eigenvalue weighted by atomic mass is 9.76. The monoisotopic (exact) mass is 792 g/mol. The van der Waals surface area contributed by atoms with Crippen molar-refractivity contribution in [2.75, 3.05) is 0 Å². The minimum Gasteiger partial charge on any atom is -0.424 e. The first kappa shape index (κ1) is 42.0. The quantitative estimate of drug-likeness (QED) is 0.106. The second-order valence-corrected chi connectivity index (χ2v) is 22.6. The van der Waals surface area contributed by atoms with Gasteiger partial charge in [0, 0.05) is 5.92 Å². The van der Waals surface area contributed by atoms with Gasteiger partial charge in [-0.1, -0.05) is 133 Å². The lowest BCUT2D eigenvalue weighted by Gasteiger charge is -2.48. The Morgan fingerprint density at radius 3 is 2.14 bits per heavy atom. The summed E-state index contributed by atoms with van der Waals surface area (Å²) < 4.78 is 47.1. The van der Waals surface area contributed by atoms with Crippen LogP contribution in [-0.2, 0) is 23.8 Å². The van der Waals surface area contributed by atoms with Crippen LogP contribution in [0.2, 0.25) is 5.04 Å². The Balaban J connectivity index is 1.36. The number of fused-ring (bicyclic) bond motifs is 1. The third kappa shape index (κ3) is 9.38. The first-order chi connectivity index (χ1) is 26.5. The first-order valence-corrected chi connectivity index (χ1v) is 23.4. The summed E-state index contributed by atoms with van der Waals surface area (Å²) in [6.45, 7) is 16.8. The Hall–Kier alpha value is -3.63. The van der Waals surface area contributed by atoms with Crippen molar-refractivity contribution in [2.24, 2.45) is 5.92 Å². The summed E-state index contributed by atoms with van der Waals surface area (Å²) in [6, 6.07) is 27.0. The van der Waals surface area contributed by atoms with E-state index in [1.54, 1.807) is 24.3 Å². The molecule has 3 aliphatic rings. The summed E-state index contributed by atoms with van der Waals surface area (Å²) in [5.41, 5.74) is 6.72. The van der Waals surface area contributed by atoms with Crippen molar-refractivity contribution in [1.29, 1.82) is 0 Å². The smallest absolute Gasteiger partial charge is 0.297 e. The van der Waals surface area contributed by atoms with Crippen molar-refractivity contribution in [1.82, 2.24) is 0 Å². The van der Waals surface area contributed by atoms with Gasteiger partial charge < -0.3 is 14.3 Å². The Kier molecular flexibility index (Phi) is 12.8. The van der Waals surface area contributed by atoms with Gasteiger partial charge >= 0.3 is 0 Å². The molecule has 0 aromatic heterocycles. The summed E-state index contributed by atoms with van der Waals surface area (Å²) in [5, 5.41) is 1.46. The van der Waals surface area contributed by atoms with Crippen LogP contribution in [0.3, 0.4) is 0 Å². The maximum absolute atomic E-state index is 13.6. The molecule has 8 heteroatoms. The Morgan fingerprint density at radius 1 is 0.911 bits per heavy atom. The number of benzene rings is 3. The molecule has 0 bridgehead atoms. The van der Waals surface area contributed by atoms with Gasteiger partial charge in [0.2, 0.25) is 5.79 Å². The van der Waals surface area contributed by atoms with Crippen LogP contribution >= 0.6 is 0 Å². The molecule has 1 unspecified atom stereocenters. The van der Waals surface area contributed by atoms with Gasteiger partial charge in [-0.2, -0.15) is 8.42 Å². The molecule has 298 valence electrons. The molecule has 3 aromatic carbocycles. The van der Waals surface area contributed by atoms with Crippen LogP contribution in [0.4, 0.5) is 0 Å². The van der Waals surface area contributed by atoms with Crippen molar-refractivity contribution in [3.8, 4) is 0 Å². The first-order valence-electron chi connectivity index (χ1n) is 20.1. The maximum atomic E-state index is 13.6. The van der Waals surface area contributed by atoms with E-state index in [1.165, 1.54) is 16.7 Å². The van der Waals surface area contributed by atoms with E-state index in [0.717, 1.165) is 46.3 Å². The zero-order valence-electron chi connectivity index (χ0n) is 34.4. The van der Waals surface area contributed by atoms with Crippen molar-refractivity contribution in [3.05, 3.63) is 149 Å². The standard InChI is InChI=1S/C48H60O6SSi/c1-34(2)16-15-17-36(4)28-40-29-37(5)32-48(52-40)33-39(26-27-47(7,8)56(51,42-18-11-9-12-19-42)43-20-13-10-14-21-43)44-31-45(38(6)30-46(44)53-48)54-55(49,50)41-24-22-35(3)23-25-41/h9-14,16,18-25,28,30,32-33,40,44-46,51H,15,17,26-27,29,31H2,1-8H3/b36-28+/t40-,44-,45?,46-,48+/m1/s1. The average molecular weight is 793 g/mol. The number of aryl methyl sites for hydroxylation is 1. The number of hydrogen-bond donors (Lipinski definition) is 1. The van der Waals surface area contributed by atoms with Gasteiger partial charge in [0.25, 0.3) is 18.4 Å². The molecule has 0 saturated carbocycles. The number of allylic oxidation sites excluding steroid dienone is 3. The fraction of sp³-hybridized carbons (Fsp3) is 0.417. The van der Waals surface area contributed by atoms with E-state index in [-0.39, 0.29) is 23.0 Å². The molecule has 1 spiro atoms. The van der Waals surface area contributed by atoms with Gasteiger partial charge in [0.1, 0.15) is 0 Å². The third-order valence-corrected chi connectivity index (χ3v) is 17.7. The van der Waals surface area contributed by atoms with Crippen LogP contribution in [0.25, 0.3) is 0 Å². The lowest BCUT2D eigenvalue weighted by Crippen LogP contribution is -2.65. The molecule has 0 saturated heterocycles. The molecule has 5 atom stereocenters. The highest BCUT2D eigenvalue weighted by molar-refractivity contribution is 7.86. The predicted octanol–water partition coefficient (Wildman–Crippen LogP) is 9.80. The summed E-state index contributed by atoms with van der Waals surface area (Å²) >= 11 is 0. The maximum Gasteiger partial charge on any atom is 0.297 e. The highest BCUT2D eigenvalue weighted by atomic mass is 32.2. The predicted molar refractivity (Wildman–Crippen MR) is 230 cm³/mol. The van der Waals surface area contributed by atoms with Crippen LogP contribution in [0, 0.1) is 12.8 Å². The van der Waals surface area contributed by atoms with Gasteiger partial charge in [0.05, 0.1) is 23.2 Å². The fourth-order valence-corrected chi connectivity index (χ4v) is 13.5. The van der Waals surface area contributed by atoms with Gasteiger partial charge in [-0.05, 0) is 125 Å². The molecular weight excluding hydrogens is 733 g/mol. The molecule has 1 aliphatic carbocycles. The second kappa shape index (κ2) is 17.1. The summed E-state index contributed by atoms with van der Waals surface area (Å²) in [6.07, 6.45) is 14.2. The number of hydrogen-bond acceptors (Lipinski definition) is 6. The zero-order valence-corrected chi connectivity index (χ0v) is 36.2. The van der Waals surface area contributed by atoms with Crippen LogP contribution in [0.1, 0.15) is 92.6 Å². The number of rotatable bonds is 13. The zero-order chi connectivity index (χ0) is 40.3. The highest BCUT2D eigenvalue weighted by Gasteiger charge is 2.51. The third-order valence-electron chi connectivity index (χ3n) is 11.8. The molecule has 6 nitrogen and oxygen atoms in total. The fourth-order valence-electron chi connectivity index (χ4n) is 8.61. The Morgan fingerprint density at radius 2 is 1.54 bits per heavy atom. The van der Waals surface area contributed by atoms with Gasteiger partial charge in [-0.15, -0.1) is 0 Å². The van der Waals surface area contributed by atoms with E-state index in [1.807, 2.05) is 56.3 Å². The van der Waals surface area contributed by atoms with Crippen LogP contribution in [0.5, 0.6) is 0 Å². The van der Waals surface area contributed by atoms with E-state index in [2.05, 4.69) is 90.1 Å². The van der Waals surface area contributed by atoms with E-state index in [9.17, 15) is 13.2 Å².